The number of aromatic nitrogens is 5. The van der Waals surface area contributed by atoms with E-state index in [1.165, 1.54) is 0 Å². The highest BCUT2D eigenvalue weighted by Gasteiger charge is 2.29. The summed E-state index contributed by atoms with van der Waals surface area (Å²) in [5, 5.41) is 5.54. The topological polar surface area (TPSA) is 79.7 Å². The molecule has 0 saturated carbocycles. The van der Waals surface area contributed by atoms with Crippen molar-refractivity contribution < 1.29 is 4.79 Å². The third-order valence-electron chi connectivity index (χ3n) is 6.19. The lowest BCUT2D eigenvalue weighted by atomic mass is 9.96. The van der Waals surface area contributed by atoms with Gasteiger partial charge in [0.15, 0.2) is 5.65 Å². The molecule has 1 aliphatic rings. The van der Waals surface area contributed by atoms with Gasteiger partial charge in [-0.15, -0.1) is 0 Å². The maximum Gasteiger partial charge on any atom is 0.254 e. The molecule has 7 heteroatoms. The zero-order valence-electron chi connectivity index (χ0n) is 18.5. The number of pyridine rings is 1. The van der Waals surface area contributed by atoms with E-state index in [2.05, 4.69) is 23.9 Å². The average Bonchev–Trinajstić information content (AvgIpc) is 3.34. The van der Waals surface area contributed by atoms with E-state index in [0.717, 1.165) is 58.7 Å². The van der Waals surface area contributed by atoms with Gasteiger partial charge in [-0.1, -0.05) is 12.1 Å². The quantitative estimate of drug-likeness (QED) is 0.532. The van der Waals surface area contributed by atoms with Crippen molar-refractivity contribution >= 4 is 28.0 Å². The number of aromatic amines is 1. The van der Waals surface area contributed by atoms with E-state index in [-0.39, 0.29) is 17.9 Å². The highest BCUT2D eigenvalue weighted by Crippen LogP contribution is 2.30. The number of para-hydroxylation sites is 2. The number of fused-ring (bicyclic) bond motifs is 2. The van der Waals surface area contributed by atoms with Gasteiger partial charge in [-0.3, -0.25) is 4.79 Å². The maximum atomic E-state index is 13.7. The number of amides is 1. The van der Waals surface area contributed by atoms with Gasteiger partial charge in [0.25, 0.3) is 5.91 Å². The molecule has 3 aromatic heterocycles. The third-order valence-corrected chi connectivity index (χ3v) is 6.19. The molecule has 1 atom stereocenters. The van der Waals surface area contributed by atoms with Gasteiger partial charge in [-0.2, -0.15) is 5.10 Å². The van der Waals surface area contributed by atoms with Crippen molar-refractivity contribution in [3.05, 3.63) is 53.1 Å². The van der Waals surface area contributed by atoms with Gasteiger partial charge in [0, 0.05) is 30.7 Å². The lowest BCUT2D eigenvalue weighted by molar-refractivity contribution is 0.0706. The van der Waals surface area contributed by atoms with Crippen molar-refractivity contribution in [1.29, 1.82) is 0 Å². The number of rotatable bonds is 3. The number of imidazole rings is 1. The number of H-pyrrole nitrogens is 1. The van der Waals surface area contributed by atoms with Crippen LogP contribution in [-0.4, -0.2) is 48.6 Å². The zero-order chi connectivity index (χ0) is 21.7. The number of aryl methyl sites for hydroxylation is 2. The van der Waals surface area contributed by atoms with Crippen LogP contribution in [0.25, 0.3) is 22.1 Å². The number of benzene rings is 1. The lowest BCUT2D eigenvalue weighted by Crippen LogP contribution is -2.39. The summed E-state index contributed by atoms with van der Waals surface area (Å²) in [5.74, 6) is 1.24. The van der Waals surface area contributed by atoms with Crippen LogP contribution in [0, 0.1) is 13.8 Å². The molecule has 1 fully saturated rings. The molecule has 0 aliphatic carbocycles. The molecule has 4 aromatic rings. The van der Waals surface area contributed by atoms with Crippen LogP contribution in [0.1, 0.15) is 66.2 Å². The molecule has 0 spiro atoms. The number of hydrogen-bond donors (Lipinski definition) is 1. The van der Waals surface area contributed by atoms with E-state index in [1.807, 2.05) is 53.8 Å². The second-order valence-electron chi connectivity index (χ2n) is 8.86. The lowest BCUT2D eigenvalue weighted by Gasteiger charge is -2.32. The van der Waals surface area contributed by atoms with Crippen molar-refractivity contribution in [2.75, 3.05) is 13.1 Å². The summed E-state index contributed by atoms with van der Waals surface area (Å²) < 4.78 is 1.92. The summed E-state index contributed by atoms with van der Waals surface area (Å²) in [7, 11) is 0. The molecule has 1 amide bonds. The minimum absolute atomic E-state index is 0.0581. The number of hydrogen-bond acceptors (Lipinski definition) is 4. The molecule has 0 radical (unpaired) electrons. The molecule has 1 aromatic carbocycles. The number of likely N-dealkylation sites (tertiary alicyclic amines) is 1. The first-order valence-electron chi connectivity index (χ1n) is 11.0. The van der Waals surface area contributed by atoms with Gasteiger partial charge in [0.1, 0.15) is 5.82 Å². The zero-order valence-corrected chi connectivity index (χ0v) is 18.5. The minimum atomic E-state index is 0.0581. The average molecular weight is 417 g/mol. The van der Waals surface area contributed by atoms with Crippen LogP contribution >= 0.6 is 0 Å². The fourth-order valence-corrected chi connectivity index (χ4v) is 4.69. The Kier molecular flexibility index (Phi) is 4.76. The Morgan fingerprint density at radius 2 is 2.00 bits per heavy atom. The summed E-state index contributed by atoms with van der Waals surface area (Å²) in [6, 6.07) is 10.2. The van der Waals surface area contributed by atoms with Crippen molar-refractivity contribution in [2.45, 2.75) is 52.5 Å². The molecule has 7 nitrogen and oxygen atoms in total. The summed E-state index contributed by atoms with van der Waals surface area (Å²) >= 11 is 0. The number of nitrogens with zero attached hydrogens (tertiary/aromatic N) is 5. The van der Waals surface area contributed by atoms with E-state index < -0.39 is 0 Å². The molecule has 1 unspecified atom stereocenters. The van der Waals surface area contributed by atoms with Gasteiger partial charge in [0.05, 0.1) is 27.7 Å². The van der Waals surface area contributed by atoms with E-state index in [0.29, 0.717) is 12.1 Å². The standard InChI is InChI=1S/C24H28N6O/c1-14(2)30-23-21(16(4)28-30)18(12-15(3)25-23)24(31)29-11-7-8-17(13-29)22-26-19-9-5-6-10-20(19)27-22/h5-6,9-10,12,14,17H,7-8,11,13H2,1-4H3,(H,26,27). The second-order valence-corrected chi connectivity index (χ2v) is 8.86. The Hall–Kier alpha value is -3.22. The Labute approximate surface area is 181 Å². The van der Waals surface area contributed by atoms with E-state index in [9.17, 15) is 4.79 Å². The van der Waals surface area contributed by atoms with Crippen LogP contribution in [0.4, 0.5) is 0 Å². The molecule has 0 bridgehead atoms. The Balaban J connectivity index is 1.49. The van der Waals surface area contributed by atoms with Crippen LogP contribution in [0.5, 0.6) is 0 Å². The van der Waals surface area contributed by atoms with E-state index >= 15 is 0 Å². The molecule has 4 heterocycles. The SMILES string of the molecule is Cc1cc(C(=O)N2CCCC(c3nc4ccccc4[nH]3)C2)c2c(C)nn(C(C)C)c2n1. The molecule has 1 saturated heterocycles. The van der Waals surface area contributed by atoms with E-state index in [1.54, 1.807) is 0 Å². The van der Waals surface area contributed by atoms with Crippen molar-refractivity contribution in [1.82, 2.24) is 29.6 Å². The largest absolute Gasteiger partial charge is 0.342 e. The summed E-state index contributed by atoms with van der Waals surface area (Å²) in [6.45, 7) is 9.49. The van der Waals surface area contributed by atoms with Crippen LogP contribution in [0.3, 0.4) is 0 Å². The number of piperidine rings is 1. The first kappa shape index (κ1) is 19.7. The Morgan fingerprint density at radius 1 is 1.19 bits per heavy atom. The predicted octanol–water partition coefficient (Wildman–Crippen LogP) is 4.53. The predicted molar refractivity (Wildman–Crippen MR) is 121 cm³/mol. The van der Waals surface area contributed by atoms with Gasteiger partial charge >= 0.3 is 0 Å². The molecular weight excluding hydrogens is 388 g/mol. The number of carbonyl (C=O) groups excluding carboxylic acids is 1. The molecule has 31 heavy (non-hydrogen) atoms. The highest BCUT2D eigenvalue weighted by atomic mass is 16.2. The molecule has 160 valence electrons. The van der Waals surface area contributed by atoms with Crippen molar-refractivity contribution in [2.24, 2.45) is 0 Å². The molecule has 1 aliphatic heterocycles. The Morgan fingerprint density at radius 3 is 2.77 bits per heavy atom. The summed E-state index contributed by atoms with van der Waals surface area (Å²) in [4.78, 5) is 28.6. The summed E-state index contributed by atoms with van der Waals surface area (Å²) in [5.41, 5.74) is 5.21. The van der Waals surface area contributed by atoms with Crippen LogP contribution in [0.15, 0.2) is 30.3 Å². The van der Waals surface area contributed by atoms with Gasteiger partial charge in [0.2, 0.25) is 0 Å². The first-order valence-corrected chi connectivity index (χ1v) is 11.0. The minimum Gasteiger partial charge on any atom is -0.342 e. The van der Waals surface area contributed by atoms with Gasteiger partial charge in [-0.05, 0) is 58.7 Å². The van der Waals surface area contributed by atoms with Gasteiger partial charge in [-0.25, -0.2) is 14.6 Å². The van der Waals surface area contributed by atoms with Crippen LogP contribution < -0.4 is 0 Å². The highest BCUT2D eigenvalue weighted by molar-refractivity contribution is 6.06. The van der Waals surface area contributed by atoms with Crippen molar-refractivity contribution in [3.8, 4) is 0 Å². The molecule has 5 rings (SSSR count). The van der Waals surface area contributed by atoms with Gasteiger partial charge < -0.3 is 9.88 Å². The maximum absolute atomic E-state index is 13.7. The molecular formula is C24H28N6O. The van der Waals surface area contributed by atoms with Crippen LogP contribution in [-0.2, 0) is 0 Å². The number of nitrogens with one attached hydrogen (secondary N) is 1. The fourth-order valence-electron chi connectivity index (χ4n) is 4.69. The van der Waals surface area contributed by atoms with E-state index in [4.69, 9.17) is 9.97 Å². The van der Waals surface area contributed by atoms with Crippen molar-refractivity contribution in [3.63, 3.8) is 0 Å². The fraction of sp³-hybridized carbons (Fsp3) is 0.417. The third kappa shape index (κ3) is 3.38. The second kappa shape index (κ2) is 7.48. The monoisotopic (exact) mass is 416 g/mol. The smallest absolute Gasteiger partial charge is 0.254 e. The Bertz CT molecular complexity index is 1250. The summed E-state index contributed by atoms with van der Waals surface area (Å²) in [6.07, 6.45) is 1.99. The normalized spacial score (nSPS) is 17.2. The molecule has 1 N–H and O–H groups in total. The van der Waals surface area contributed by atoms with Crippen LogP contribution in [0.2, 0.25) is 0 Å². The first-order chi connectivity index (χ1) is 14.9. The number of carbonyl (C=O) groups is 1.